The van der Waals surface area contributed by atoms with Crippen LogP contribution in [0.4, 0.5) is 5.69 Å². The van der Waals surface area contributed by atoms with Crippen molar-refractivity contribution in [1.82, 2.24) is 0 Å². The number of amides is 1. The molecule has 0 bridgehead atoms. The van der Waals surface area contributed by atoms with Crippen LogP contribution in [0.15, 0.2) is 24.3 Å². The maximum Gasteiger partial charge on any atom is 0.230 e. The summed E-state index contributed by atoms with van der Waals surface area (Å²) >= 11 is 0. The molecule has 0 saturated heterocycles. The predicted molar refractivity (Wildman–Crippen MR) is 91.7 cm³/mol. The number of benzene rings is 1. The van der Waals surface area contributed by atoms with Crippen molar-refractivity contribution in [2.75, 3.05) is 4.90 Å². The van der Waals surface area contributed by atoms with Gasteiger partial charge in [0.05, 0.1) is 0 Å². The summed E-state index contributed by atoms with van der Waals surface area (Å²) in [5, 5.41) is 0. The number of rotatable bonds is 8. The van der Waals surface area contributed by atoms with Gasteiger partial charge in [0.1, 0.15) is 0 Å². The maximum atomic E-state index is 12.8. The van der Waals surface area contributed by atoms with Crippen LogP contribution >= 0.6 is 0 Å². The van der Waals surface area contributed by atoms with E-state index in [1.165, 1.54) is 24.8 Å². The summed E-state index contributed by atoms with van der Waals surface area (Å²) in [6.45, 7) is 10.6. The molecule has 118 valence electrons. The smallest absolute Gasteiger partial charge is 0.230 e. The molecule has 0 fully saturated rings. The number of hydrogen-bond acceptors (Lipinski definition) is 1. The lowest BCUT2D eigenvalue weighted by Gasteiger charge is -2.32. The Balaban J connectivity index is 2.96. The summed E-state index contributed by atoms with van der Waals surface area (Å²) in [7, 11) is 0. The second-order valence-corrected chi connectivity index (χ2v) is 6.20. The molecular weight excluding hydrogens is 258 g/mol. The van der Waals surface area contributed by atoms with E-state index in [9.17, 15) is 4.79 Å². The number of nitrogens with zero attached hydrogens (tertiary/aromatic N) is 1. The van der Waals surface area contributed by atoms with Gasteiger partial charge in [-0.15, -0.1) is 0 Å². The Morgan fingerprint density at radius 3 is 2.48 bits per heavy atom. The molecule has 1 rings (SSSR count). The van der Waals surface area contributed by atoms with Gasteiger partial charge in [-0.2, -0.15) is 0 Å². The summed E-state index contributed by atoms with van der Waals surface area (Å²) < 4.78 is 0. The predicted octanol–water partition coefficient (Wildman–Crippen LogP) is 5.34. The van der Waals surface area contributed by atoms with Crippen molar-refractivity contribution in [2.24, 2.45) is 5.92 Å². The Kier molecular flexibility index (Phi) is 7.49. The van der Waals surface area contributed by atoms with Crippen molar-refractivity contribution < 1.29 is 4.79 Å². The highest BCUT2D eigenvalue weighted by Gasteiger charge is 2.25. The number of hydrogen-bond donors (Lipinski definition) is 0. The van der Waals surface area contributed by atoms with E-state index < -0.39 is 0 Å². The zero-order chi connectivity index (χ0) is 15.8. The molecule has 0 saturated carbocycles. The Morgan fingerprint density at radius 2 is 1.90 bits per heavy atom. The van der Waals surface area contributed by atoms with Gasteiger partial charge in [0.25, 0.3) is 0 Å². The van der Waals surface area contributed by atoms with Crippen LogP contribution in [0.3, 0.4) is 0 Å². The first-order chi connectivity index (χ1) is 10.0. The zero-order valence-corrected chi connectivity index (χ0v) is 14.4. The van der Waals surface area contributed by atoms with Gasteiger partial charge in [-0.3, -0.25) is 4.79 Å². The molecule has 1 aromatic carbocycles. The number of carbonyl (C=O) groups excluding carboxylic acids is 1. The van der Waals surface area contributed by atoms with Crippen molar-refractivity contribution >= 4 is 11.6 Å². The molecule has 0 N–H and O–H groups in total. The molecule has 0 aliphatic rings. The molecule has 0 aliphatic carbocycles. The van der Waals surface area contributed by atoms with Gasteiger partial charge in [0.2, 0.25) is 5.91 Å². The quantitative estimate of drug-likeness (QED) is 0.591. The van der Waals surface area contributed by atoms with E-state index in [0.29, 0.717) is 0 Å². The van der Waals surface area contributed by atoms with Gasteiger partial charge < -0.3 is 4.90 Å². The van der Waals surface area contributed by atoms with Gasteiger partial charge >= 0.3 is 0 Å². The van der Waals surface area contributed by atoms with Crippen molar-refractivity contribution in [1.29, 1.82) is 0 Å². The van der Waals surface area contributed by atoms with Crippen molar-refractivity contribution in [2.45, 2.75) is 72.8 Å². The minimum Gasteiger partial charge on any atom is -0.309 e. The highest BCUT2D eigenvalue weighted by atomic mass is 16.2. The van der Waals surface area contributed by atoms with Gasteiger partial charge in [0.15, 0.2) is 0 Å². The number of anilines is 1. The minimum atomic E-state index is 0.0825. The molecule has 1 amide bonds. The van der Waals surface area contributed by atoms with Crippen LogP contribution in [0.1, 0.15) is 65.4 Å². The third kappa shape index (κ3) is 5.18. The van der Waals surface area contributed by atoms with E-state index in [4.69, 9.17) is 0 Å². The van der Waals surface area contributed by atoms with Crippen molar-refractivity contribution in [3.05, 3.63) is 29.8 Å². The topological polar surface area (TPSA) is 20.3 Å². The zero-order valence-electron chi connectivity index (χ0n) is 14.4. The normalized spacial score (nSPS) is 13.8. The fraction of sp³-hybridized carbons (Fsp3) is 0.632. The van der Waals surface area contributed by atoms with Crippen LogP contribution < -0.4 is 4.90 Å². The van der Waals surface area contributed by atoms with E-state index in [-0.39, 0.29) is 17.9 Å². The molecule has 21 heavy (non-hydrogen) atoms. The Labute approximate surface area is 130 Å². The minimum absolute atomic E-state index is 0.0825. The highest BCUT2D eigenvalue weighted by molar-refractivity contribution is 5.95. The SMILES string of the molecule is CCCCCC(C)N(C(=O)C(C)CC)c1cccc(C)c1. The number of aryl methyl sites for hydroxylation is 1. The van der Waals surface area contributed by atoms with E-state index >= 15 is 0 Å². The Morgan fingerprint density at radius 1 is 1.19 bits per heavy atom. The van der Waals surface area contributed by atoms with Crippen LogP contribution in [-0.4, -0.2) is 11.9 Å². The van der Waals surface area contributed by atoms with Gasteiger partial charge in [-0.25, -0.2) is 0 Å². The first-order valence-corrected chi connectivity index (χ1v) is 8.40. The standard InChI is InChI=1S/C19H31NO/c1-6-8-9-12-17(5)20(19(21)16(4)7-2)18-13-10-11-15(3)14-18/h10-11,13-14,16-17H,6-9,12H2,1-5H3. The Hall–Kier alpha value is -1.31. The summed E-state index contributed by atoms with van der Waals surface area (Å²) in [6.07, 6.45) is 5.61. The Bertz CT molecular complexity index is 441. The van der Waals surface area contributed by atoms with Gasteiger partial charge in [-0.05, 0) is 44.4 Å². The van der Waals surface area contributed by atoms with Crippen LogP contribution in [0, 0.1) is 12.8 Å². The first kappa shape index (κ1) is 17.7. The molecule has 0 spiro atoms. The first-order valence-electron chi connectivity index (χ1n) is 8.40. The van der Waals surface area contributed by atoms with Crippen LogP contribution in [0.5, 0.6) is 0 Å². The molecule has 0 heterocycles. The fourth-order valence-corrected chi connectivity index (χ4v) is 2.61. The lowest BCUT2D eigenvalue weighted by atomic mass is 10.0. The van der Waals surface area contributed by atoms with Gasteiger partial charge in [0, 0.05) is 17.6 Å². The summed E-state index contributed by atoms with van der Waals surface area (Å²) in [5.41, 5.74) is 2.25. The molecule has 2 nitrogen and oxygen atoms in total. The van der Waals surface area contributed by atoms with E-state index in [2.05, 4.69) is 45.9 Å². The molecule has 1 aromatic rings. The molecule has 0 aromatic heterocycles. The van der Waals surface area contributed by atoms with E-state index in [1.807, 2.05) is 17.9 Å². The third-order valence-corrected chi connectivity index (χ3v) is 4.22. The van der Waals surface area contributed by atoms with E-state index in [1.54, 1.807) is 0 Å². The van der Waals surface area contributed by atoms with Crippen molar-refractivity contribution in [3.63, 3.8) is 0 Å². The average Bonchev–Trinajstić information content (AvgIpc) is 2.47. The average molecular weight is 289 g/mol. The molecule has 0 aliphatic heterocycles. The molecule has 2 heteroatoms. The second-order valence-electron chi connectivity index (χ2n) is 6.20. The number of unbranched alkanes of at least 4 members (excludes halogenated alkanes) is 2. The van der Waals surface area contributed by atoms with Crippen LogP contribution in [0.2, 0.25) is 0 Å². The number of carbonyl (C=O) groups is 1. The summed E-state index contributed by atoms with van der Waals surface area (Å²) in [5.74, 6) is 0.339. The monoisotopic (exact) mass is 289 g/mol. The maximum absolute atomic E-state index is 12.8. The molecule has 2 unspecified atom stereocenters. The largest absolute Gasteiger partial charge is 0.309 e. The second kappa shape index (κ2) is 8.86. The molecule has 2 atom stereocenters. The van der Waals surface area contributed by atoms with Crippen molar-refractivity contribution in [3.8, 4) is 0 Å². The van der Waals surface area contributed by atoms with Gasteiger partial charge in [-0.1, -0.05) is 52.2 Å². The van der Waals surface area contributed by atoms with E-state index in [0.717, 1.165) is 18.5 Å². The molecular formula is C19H31NO. The summed E-state index contributed by atoms with van der Waals surface area (Å²) in [4.78, 5) is 14.8. The van der Waals surface area contributed by atoms with Crippen LogP contribution in [-0.2, 0) is 4.79 Å². The summed E-state index contributed by atoms with van der Waals surface area (Å²) in [6, 6.07) is 8.57. The fourth-order valence-electron chi connectivity index (χ4n) is 2.61. The highest BCUT2D eigenvalue weighted by Crippen LogP contribution is 2.24. The lowest BCUT2D eigenvalue weighted by Crippen LogP contribution is -2.41. The lowest BCUT2D eigenvalue weighted by molar-refractivity contribution is -0.122. The molecule has 0 radical (unpaired) electrons. The third-order valence-electron chi connectivity index (χ3n) is 4.22. The van der Waals surface area contributed by atoms with Crippen LogP contribution in [0.25, 0.3) is 0 Å².